The third-order valence-corrected chi connectivity index (χ3v) is 3.80. The quantitative estimate of drug-likeness (QED) is 0.667. The van der Waals surface area contributed by atoms with E-state index in [1.807, 2.05) is 0 Å². The monoisotopic (exact) mass is 407 g/mol. The number of ether oxygens (including phenoxy) is 2. The first kappa shape index (κ1) is 21.2. The maximum absolute atomic E-state index is 13.3. The minimum atomic E-state index is -0.633. The number of nitrogens with one attached hydrogen (secondary N) is 2. The summed E-state index contributed by atoms with van der Waals surface area (Å²) in [7, 11) is 1.46. The summed E-state index contributed by atoms with van der Waals surface area (Å²) in [6.45, 7) is 3.68. The van der Waals surface area contributed by atoms with Crippen LogP contribution in [0.15, 0.2) is 48.8 Å². The highest BCUT2D eigenvalue weighted by Crippen LogP contribution is 2.20. The molecule has 1 heterocycles. The second-order valence-corrected chi connectivity index (χ2v) is 6.02. The first-order chi connectivity index (χ1) is 13.4. The standard InChI is InChI=1S/C19H19ClFN3O4/c1-12(5-7-23-19(26)13-6-8-22-18(9-13)27-2)24-17(25)11-28-14-3-4-15(20)16(21)10-14/h3-4,6,8-10H,1,5,7,11H2,2H3,(H,23,26)(H,24,25). The molecule has 0 aliphatic rings. The van der Waals surface area contributed by atoms with Crippen LogP contribution in [0.2, 0.25) is 5.02 Å². The molecule has 0 saturated heterocycles. The predicted molar refractivity (Wildman–Crippen MR) is 102 cm³/mol. The summed E-state index contributed by atoms with van der Waals surface area (Å²) in [6.07, 6.45) is 1.80. The number of benzene rings is 1. The van der Waals surface area contributed by atoms with Crippen molar-refractivity contribution in [3.05, 3.63) is 65.2 Å². The van der Waals surface area contributed by atoms with Gasteiger partial charge in [0.1, 0.15) is 11.6 Å². The predicted octanol–water partition coefficient (Wildman–Crippen LogP) is 2.71. The number of rotatable bonds is 9. The lowest BCUT2D eigenvalue weighted by Crippen LogP contribution is -2.31. The van der Waals surface area contributed by atoms with Crippen molar-refractivity contribution in [2.75, 3.05) is 20.3 Å². The molecular weight excluding hydrogens is 389 g/mol. The fourth-order valence-corrected chi connectivity index (χ4v) is 2.22. The maximum atomic E-state index is 13.3. The minimum absolute atomic E-state index is 0.0302. The van der Waals surface area contributed by atoms with Crippen LogP contribution in [0.5, 0.6) is 11.6 Å². The van der Waals surface area contributed by atoms with Crippen molar-refractivity contribution in [1.82, 2.24) is 15.6 Å². The molecule has 2 rings (SSSR count). The van der Waals surface area contributed by atoms with E-state index in [4.69, 9.17) is 21.1 Å². The van der Waals surface area contributed by atoms with Crippen LogP contribution in [0.25, 0.3) is 0 Å². The van der Waals surface area contributed by atoms with E-state index >= 15 is 0 Å². The van der Waals surface area contributed by atoms with E-state index in [2.05, 4.69) is 22.2 Å². The maximum Gasteiger partial charge on any atom is 0.262 e. The Morgan fingerprint density at radius 1 is 1.29 bits per heavy atom. The van der Waals surface area contributed by atoms with Gasteiger partial charge < -0.3 is 20.1 Å². The van der Waals surface area contributed by atoms with Crippen LogP contribution in [0.3, 0.4) is 0 Å². The van der Waals surface area contributed by atoms with Gasteiger partial charge in [0.05, 0.1) is 12.1 Å². The SMILES string of the molecule is C=C(CCNC(=O)c1ccnc(OC)c1)NC(=O)COc1ccc(Cl)c(F)c1. The summed E-state index contributed by atoms with van der Waals surface area (Å²) in [4.78, 5) is 27.8. The van der Waals surface area contributed by atoms with Crippen LogP contribution in [0.4, 0.5) is 4.39 Å². The third-order valence-electron chi connectivity index (χ3n) is 3.50. The Labute approximate surface area is 166 Å². The highest BCUT2D eigenvalue weighted by Gasteiger charge is 2.09. The summed E-state index contributed by atoms with van der Waals surface area (Å²) in [5, 5.41) is 5.22. The van der Waals surface area contributed by atoms with Gasteiger partial charge in [0, 0.05) is 42.6 Å². The van der Waals surface area contributed by atoms with E-state index in [1.165, 1.54) is 31.5 Å². The normalized spacial score (nSPS) is 10.1. The molecule has 1 aromatic heterocycles. The number of pyridine rings is 1. The zero-order valence-electron chi connectivity index (χ0n) is 15.1. The Bertz CT molecular complexity index is 876. The Kier molecular flexibility index (Phi) is 7.76. The number of carbonyl (C=O) groups excluding carboxylic acids is 2. The topological polar surface area (TPSA) is 89.5 Å². The number of methoxy groups -OCH3 is 1. The lowest BCUT2D eigenvalue weighted by molar-refractivity contribution is -0.122. The van der Waals surface area contributed by atoms with E-state index in [1.54, 1.807) is 6.07 Å². The Hall–Kier alpha value is -3.13. The van der Waals surface area contributed by atoms with Crippen molar-refractivity contribution in [3.8, 4) is 11.6 Å². The van der Waals surface area contributed by atoms with Gasteiger partial charge in [0.15, 0.2) is 6.61 Å². The van der Waals surface area contributed by atoms with Crippen LogP contribution in [0, 0.1) is 5.82 Å². The van der Waals surface area contributed by atoms with Crippen LogP contribution in [-0.2, 0) is 4.79 Å². The molecule has 0 saturated carbocycles. The average Bonchev–Trinajstić information content (AvgIpc) is 2.68. The molecule has 2 amide bonds. The van der Waals surface area contributed by atoms with Crippen molar-refractivity contribution >= 4 is 23.4 Å². The summed E-state index contributed by atoms with van der Waals surface area (Å²) >= 11 is 5.58. The largest absolute Gasteiger partial charge is 0.484 e. The third kappa shape index (κ3) is 6.55. The summed E-state index contributed by atoms with van der Waals surface area (Å²) in [5.74, 6) is -0.863. The lowest BCUT2D eigenvalue weighted by atomic mass is 10.2. The Morgan fingerprint density at radius 2 is 2.07 bits per heavy atom. The van der Waals surface area contributed by atoms with Gasteiger partial charge in [0.25, 0.3) is 11.8 Å². The van der Waals surface area contributed by atoms with Crippen molar-refractivity contribution < 1.29 is 23.5 Å². The van der Waals surface area contributed by atoms with E-state index < -0.39 is 11.7 Å². The molecule has 0 fully saturated rings. The van der Waals surface area contributed by atoms with Crippen LogP contribution in [0.1, 0.15) is 16.8 Å². The second kappa shape index (κ2) is 10.3. The van der Waals surface area contributed by atoms with Gasteiger partial charge in [-0.3, -0.25) is 9.59 Å². The lowest BCUT2D eigenvalue weighted by Gasteiger charge is -2.11. The van der Waals surface area contributed by atoms with E-state index in [-0.39, 0.29) is 29.8 Å². The van der Waals surface area contributed by atoms with Gasteiger partial charge in [-0.2, -0.15) is 0 Å². The molecule has 28 heavy (non-hydrogen) atoms. The highest BCUT2D eigenvalue weighted by atomic mass is 35.5. The van der Waals surface area contributed by atoms with Gasteiger partial charge in [-0.15, -0.1) is 0 Å². The summed E-state index contributed by atoms with van der Waals surface area (Å²) < 4.78 is 23.5. The van der Waals surface area contributed by atoms with E-state index in [0.717, 1.165) is 6.07 Å². The van der Waals surface area contributed by atoms with Gasteiger partial charge in [-0.25, -0.2) is 9.37 Å². The molecule has 1 aromatic carbocycles. The van der Waals surface area contributed by atoms with Gasteiger partial charge in [-0.05, 0) is 18.2 Å². The van der Waals surface area contributed by atoms with E-state index in [9.17, 15) is 14.0 Å². The molecule has 0 aliphatic heterocycles. The molecule has 148 valence electrons. The number of nitrogens with zero attached hydrogens (tertiary/aromatic N) is 1. The number of hydrogen-bond donors (Lipinski definition) is 2. The first-order valence-electron chi connectivity index (χ1n) is 8.22. The van der Waals surface area contributed by atoms with Gasteiger partial charge in [-0.1, -0.05) is 18.2 Å². The first-order valence-corrected chi connectivity index (χ1v) is 8.60. The minimum Gasteiger partial charge on any atom is -0.484 e. The van der Waals surface area contributed by atoms with Gasteiger partial charge >= 0.3 is 0 Å². The molecule has 9 heteroatoms. The molecule has 0 bridgehead atoms. The van der Waals surface area contributed by atoms with Crippen molar-refractivity contribution in [2.24, 2.45) is 0 Å². The number of aromatic nitrogens is 1. The number of carbonyl (C=O) groups is 2. The molecule has 0 spiro atoms. The summed E-state index contributed by atoms with van der Waals surface area (Å²) in [6, 6.07) is 6.96. The van der Waals surface area contributed by atoms with Gasteiger partial charge in [0.2, 0.25) is 5.88 Å². The number of halogens is 2. The van der Waals surface area contributed by atoms with Crippen LogP contribution in [-0.4, -0.2) is 37.1 Å². The average molecular weight is 408 g/mol. The Morgan fingerprint density at radius 3 is 2.79 bits per heavy atom. The molecule has 2 aromatic rings. The smallest absolute Gasteiger partial charge is 0.262 e. The zero-order chi connectivity index (χ0) is 20.5. The second-order valence-electron chi connectivity index (χ2n) is 5.61. The van der Waals surface area contributed by atoms with Crippen molar-refractivity contribution in [2.45, 2.75) is 6.42 Å². The molecule has 7 nitrogen and oxygen atoms in total. The fourth-order valence-electron chi connectivity index (χ4n) is 2.10. The molecule has 0 radical (unpaired) electrons. The van der Waals surface area contributed by atoms with Crippen molar-refractivity contribution in [3.63, 3.8) is 0 Å². The Balaban J connectivity index is 1.70. The molecule has 0 aliphatic carbocycles. The fraction of sp³-hybridized carbons (Fsp3) is 0.211. The van der Waals surface area contributed by atoms with Crippen LogP contribution < -0.4 is 20.1 Å². The van der Waals surface area contributed by atoms with Crippen LogP contribution >= 0.6 is 11.6 Å². The number of hydrogen-bond acceptors (Lipinski definition) is 5. The molecular formula is C19H19ClFN3O4. The highest BCUT2D eigenvalue weighted by molar-refractivity contribution is 6.30. The molecule has 0 atom stereocenters. The zero-order valence-corrected chi connectivity index (χ0v) is 15.9. The number of amides is 2. The molecule has 0 unspecified atom stereocenters. The van der Waals surface area contributed by atoms with Crippen molar-refractivity contribution in [1.29, 1.82) is 0 Å². The molecule has 2 N–H and O–H groups in total. The summed E-state index contributed by atoms with van der Waals surface area (Å²) in [5.41, 5.74) is 0.814. The van der Waals surface area contributed by atoms with E-state index in [0.29, 0.717) is 23.6 Å².